The number of anilines is 1. The van der Waals surface area contributed by atoms with Crippen molar-refractivity contribution in [1.82, 2.24) is 14.6 Å². The van der Waals surface area contributed by atoms with Crippen LogP contribution in [0.5, 0.6) is 0 Å². The van der Waals surface area contributed by atoms with Gasteiger partial charge in [0.1, 0.15) is 0 Å². The average molecular weight is 270 g/mol. The molecule has 0 atom stereocenters. The monoisotopic (exact) mass is 270 g/mol. The van der Waals surface area contributed by atoms with Crippen molar-refractivity contribution in [2.75, 3.05) is 11.9 Å². The molecule has 1 aromatic carbocycles. The van der Waals surface area contributed by atoms with Gasteiger partial charge in [0.15, 0.2) is 0 Å². The fourth-order valence-electron chi connectivity index (χ4n) is 2.07. The molecule has 0 amide bonds. The van der Waals surface area contributed by atoms with Crippen LogP contribution in [0, 0.1) is 5.92 Å². The van der Waals surface area contributed by atoms with Crippen LogP contribution in [-0.4, -0.2) is 21.1 Å². The average Bonchev–Trinajstić information content (AvgIpc) is 3.07. The van der Waals surface area contributed by atoms with Crippen molar-refractivity contribution in [2.24, 2.45) is 5.92 Å². The van der Waals surface area contributed by atoms with Gasteiger partial charge in [-0.3, -0.25) is 0 Å². The third-order valence-electron chi connectivity index (χ3n) is 3.35. The van der Waals surface area contributed by atoms with Gasteiger partial charge in [0.25, 0.3) is 0 Å². The minimum Gasteiger partial charge on any atom is -0.360 e. The predicted octanol–water partition coefficient (Wildman–Crippen LogP) is 3.28. The molecule has 0 bridgehead atoms. The van der Waals surface area contributed by atoms with E-state index in [4.69, 9.17) is 0 Å². The van der Waals surface area contributed by atoms with Crippen molar-refractivity contribution < 1.29 is 0 Å². The van der Waals surface area contributed by atoms with Gasteiger partial charge in [-0.1, -0.05) is 41.7 Å². The molecule has 0 radical (unpaired) electrons. The smallest absolute Gasteiger partial charge is 0.214 e. The zero-order valence-electron chi connectivity index (χ0n) is 10.4. The van der Waals surface area contributed by atoms with Crippen LogP contribution in [0.3, 0.4) is 0 Å². The van der Waals surface area contributed by atoms with E-state index in [0.29, 0.717) is 0 Å². The molecule has 1 N–H and O–H groups in total. The number of hydrogen-bond acceptors (Lipinski definition) is 4. The summed E-state index contributed by atoms with van der Waals surface area (Å²) in [7, 11) is 0. The molecule has 4 nitrogen and oxygen atoms in total. The van der Waals surface area contributed by atoms with E-state index in [0.717, 1.165) is 33.8 Å². The van der Waals surface area contributed by atoms with Gasteiger partial charge in [0, 0.05) is 12.1 Å². The van der Waals surface area contributed by atoms with Crippen molar-refractivity contribution in [3.8, 4) is 11.3 Å². The first-order valence-electron chi connectivity index (χ1n) is 6.54. The van der Waals surface area contributed by atoms with E-state index < -0.39 is 0 Å². The van der Waals surface area contributed by atoms with Crippen molar-refractivity contribution in [2.45, 2.75) is 12.8 Å². The summed E-state index contributed by atoms with van der Waals surface area (Å²) in [5.74, 6) is 0.858. The standard InChI is InChI=1S/C14H14N4S/c1-2-4-11(5-3-1)12-9-18-14(16-12)19-13(17-18)15-8-10-6-7-10/h1-5,9-10H,6-8H2,(H,15,17). The van der Waals surface area contributed by atoms with E-state index in [1.807, 2.05) is 28.9 Å². The summed E-state index contributed by atoms with van der Waals surface area (Å²) in [6.07, 6.45) is 4.70. The maximum Gasteiger partial charge on any atom is 0.214 e. The van der Waals surface area contributed by atoms with Crippen molar-refractivity contribution in [3.05, 3.63) is 36.5 Å². The second kappa shape index (κ2) is 4.35. The lowest BCUT2D eigenvalue weighted by Crippen LogP contribution is -2.02. The molecule has 0 spiro atoms. The second-order valence-corrected chi connectivity index (χ2v) is 5.91. The lowest BCUT2D eigenvalue weighted by Gasteiger charge is -1.97. The SMILES string of the molecule is c1ccc(-c2cn3nc(NCC4CC4)sc3n2)cc1. The zero-order valence-corrected chi connectivity index (χ0v) is 11.2. The Kier molecular flexibility index (Phi) is 2.51. The molecule has 5 heteroatoms. The first kappa shape index (κ1) is 11.0. The molecule has 2 aromatic heterocycles. The molecule has 2 heterocycles. The van der Waals surface area contributed by atoms with Crippen LogP contribution in [0.4, 0.5) is 5.13 Å². The molecule has 0 saturated heterocycles. The van der Waals surface area contributed by atoms with E-state index in [2.05, 4.69) is 27.5 Å². The van der Waals surface area contributed by atoms with Gasteiger partial charge in [-0.2, -0.15) is 0 Å². The largest absolute Gasteiger partial charge is 0.360 e. The van der Waals surface area contributed by atoms with Crippen LogP contribution in [0.25, 0.3) is 16.2 Å². The van der Waals surface area contributed by atoms with Gasteiger partial charge in [0.05, 0.1) is 11.9 Å². The van der Waals surface area contributed by atoms with Gasteiger partial charge in [0.2, 0.25) is 10.1 Å². The maximum atomic E-state index is 4.63. The number of fused-ring (bicyclic) bond motifs is 1. The van der Waals surface area contributed by atoms with E-state index >= 15 is 0 Å². The summed E-state index contributed by atoms with van der Waals surface area (Å²) in [6.45, 7) is 1.04. The fourth-order valence-corrected chi connectivity index (χ4v) is 2.86. The number of benzene rings is 1. The Labute approximate surface area is 115 Å². The summed E-state index contributed by atoms with van der Waals surface area (Å²) < 4.78 is 1.86. The van der Waals surface area contributed by atoms with Crippen LogP contribution >= 0.6 is 11.3 Å². The number of aromatic nitrogens is 3. The number of imidazole rings is 1. The van der Waals surface area contributed by atoms with Gasteiger partial charge < -0.3 is 5.32 Å². The van der Waals surface area contributed by atoms with Crippen molar-refractivity contribution in [1.29, 1.82) is 0 Å². The highest BCUT2D eigenvalue weighted by atomic mass is 32.1. The second-order valence-electron chi connectivity index (χ2n) is 4.95. The molecule has 1 aliphatic rings. The lowest BCUT2D eigenvalue weighted by molar-refractivity contribution is 0.874. The Hall–Kier alpha value is -1.88. The number of rotatable bonds is 4. The Morgan fingerprint density at radius 3 is 2.84 bits per heavy atom. The van der Waals surface area contributed by atoms with Crippen LogP contribution in [-0.2, 0) is 0 Å². The van der Waals surface area contributed by atoms with Crippen LogP contribution in [0.15, 0.2) is 36.5 Å². The summed E-state index contributed by atoms with van der Waals surface area (Å²) in [4.78, 5) is 5.57. The van der Waals surface area contributed by atoms with Gasteiger partial charge >= 0.3 is 0 Å². The highest BCUT2D eigenvalue weighted by Crippen LogP contribution is 2.30. The van der Waals surface area contributed by atoms with E-state index in [-0.39, 0.29) is 0 Å². The Morgan fingerprint density at radius 2 is 2.11 bits per heavy atom. The van der Waals surface area contributed by atoms with Gasteiger partial charge in [-0.15, -0.1) is 5.10 Å². The number of nitrogens with one attached hydrogen (secondary N) is 1. The van der Waals surface area contributed by atoms with Crippen molar-refractivity contribution >= 4 is 21.4 Å². The fraction of sp³-hybridized carbons (Fsp3) is 0.286. The summed E-state index contributed by atoms with van der Waals surface area (Å²) in [6, 6.07) is 10.2. The third-order valence-corrected chi connectivity index (χ3v) is 4.23. The first-order valence-corrected chi connectivity index (χ1v) is 7.36. The molecule has 1 aliphatic carbocycles. The highest BCUT2D eigenvalue weighted by Gasteiger charge is 2.21. The predicted molar refractivity (Wildman–Crippen MR) is 77.5 cm³/mol. The lowest BCUT2D eigenvalue weighted by atomic mass is 10.2. The topological polar surface area (TPSA) is 42.2 Å². The van der Waals surface area contributed by atoms with Crippen LogP contribution < -0.4 is 5.32 Å². The van der Waals surface area contributed by atoms with Crippen LogP contribution in [0.2, 0.25) is 0 Å². The van der Waals surface area contributed by atoms with E-state index in [1.165, 1.54) is 12.8 Å². The molecule has 3 aromatic rings. The summed E-state index contributed by atoms with van der Waals surface area (Å²) in [5, 5.41) is 8.87. The molecule has 96 valence electrons. The van der Waals surface area contributed by atoms with Crippen molar-refractivity contribution in [3.63, 3.8) is 0 Å². The Bertz CT molecular complexity index is 665. The van der Waals surface area contributed by atoms with Crippen LogP contribution in [0.1, 0.15) is 12.8 Å². The molecular formula is C14H14N4S. The first-order chi connectivity index (χ1) is 9.38. The Balaban J connectivity index is 1.60. The van der Waals surface area contributed by atoms with Gasteiger partial charge in [-0.25, -0.2) is 9.50 Å². The third kappa shape index (κ3) is 2.21. The summed E-state index contributed by atoms with van der Waals surface area (Å²) >= 11 is 1.61. The minimum atomic E-state index is 0.858. The zero-order chi connectivity index (χ0) is 12.7. The molecule has 0 aliphatic heterocycles. The molecule has 4 rings (SSSR count). The molecular weight excluding hydrogens is 256 g/mol. The molecule has 19 heavy (non-hydrogen) atoms. The Morgan fingerprint density at radius 1 is 1.26 bits per heavy atom. The molecule has 1 fully saturated rings. The molecule has 0 unspecified atom stereocenters. The minimum absolute atomic E-state index is 0.858. The normalized spacial score (nSPS) is 14.9. The van der Waals surface area contributed by atoms with Gasteiger partial charge in [-0.05, 0) is 18.8 Å². The number of hydrogen-bond donors (Lipinski definition) is 1. The molecule has 1 saturated carbocycles. The highest BCUT2D eigenvalue weighted by molar-refractivity contribution is 7.20. The summed E-state index contributed by atoms with van der Waals surface area (Å²) in [5.41, 5.74) is 2.11. The number of nitrogens with zero attached hydrogens (tertiary/aromatic N) is 3. The van der Waals surface area contributed by atoms with E-state index in [1.54, 1.807) is 11.3 Å². The maximum absolute atomic E-state index is 4.63. The van der Waals surface area contributed by atoms with E-state index in [9.17, 15) is 0 Å². The quantitative estimate of drug-likeness (QED) is 0.791.